The zero-order valence-corrected chi connectivity index (χ0v) is 11.8. The van der Waals surface area contributed by atoms with Crippen LogP contribution in [0.5, 0.6) is 11.5 Å². The van der Waals surface area contributed by atoms with Crippen molar-refractivity contribution in [2.45, 2.75) is 0 Å². The van der Waals surface area contributed by atoms with Gasteiger partial charge in [0, 0.05) is 12.1 Å². The van der Waals surface area contributed by atoms with Crippen LogP contribution >= 0.6 is 11.6 Å². The summed E-state index contributed by atoms with van der Waals surface area (Å²) in [6.07, 6.45) is 0. The van der Waals surface area contributed by atoms with Crippen LogP contribution in [0.2, 0.25) is 5.02 Å². The Balaban J connectivity index is 2.26. The predicted octanol–water partition coefficient (Wildman–Crippen LogP) is 3.83. The molecule has 3 aromatic rings. The molecule has 1 N–H and O–H groups in total. The lowest BCUT2D eigenvalue weighted by molar-refractivity contribution is 0.408. The van der Waals surface area contributed by atoms with Gasteiger partial charge in [0.15, 0.2) is 11.0 Å². The Labute approximate surface area is 125 Å². The minimum absolute atomic E-state index is 0.0381. The van der Waals surface area contributed by atoms with Crippen LogP contribution in [-0.4, -0.2) is 12.2 Å². The molecule has 0 bridgehead atoms. The number of fused-ring (bicyclic) bond motifs is 1. The van der Waals surface area contributed by atoms with Crippen molar-refractivity contribution < 1.29 is 14.3 Å². The van der Waals surface area contributed by atoms with Gasteiger partial charge in [-0.05, 0) is 24.3 Å². The van der Waals surface area contributed by atoms with Gasteiger partial charge in [0.25, 0.3) is 0 Å². The average molecular weight is 303 g/mol. The van der Waals surface area contributed by atoms with Crippen molar-refractivity contribution in [2.75, 3.05) is 7.11 Å². The molecule has 0 aliphatic rings. The highest BCUT2D eigenvalue weighted by atomic mass is 35.5. The van der Waals surface area contributed by atoms with Gasteiger partial charge in [0.05, 0.1) is 23.1 Å². The molecule has 21 heavy (non-hydrogen) atoms. The predicted molar refractivity (Wildman–Crippen MR) is 81.1 cm³/mol. The summed E-state index contributed by atoms with van der Waals surface area (Å²) in [6.45, 7) is 0. The van der Waals surface area contributed by atoms with Gasteiger partial charge >= 0.3 is 0 Å². The second kappa shape index (κ2) is 5.14. The smallest absolute Gasteiger partial charge is 0.193 e. The first-order chi connectivity index (χ1) is 10.1. The maximum atomic E-state index is 12.1. The summed E-state index contributed by atoms with van der Waals surface area (Å²) < 4.78 is 10.7. The highest BCUT2D eigenvalue weighted by Gasteiger charge is 2.12. The molecule has 0 spiro atoms. The molecule has 0 atom stereocenters. The Bertz CT molecular complexity index is 883. The van der Waals surface area contributed by atoms with Crippen molar-refractivity contribution in [3.63, 3.8) is 0 Å². The lowest BCUT2D eigenvalue weighted by atomic mass is 10.1. The lowest BCUT2D eigenvalue weighted by Crippen LogP contribution is -2.00. The largest absolute Gasteiger partial charge is 0.507 e. The summed E-state index contributed by atoms with van der Waals surface area (Å²) >= 11 is 6.06. The van der Waals surface area contributed by atoms with Crippen molar-refractivity contribution in [1.29, 1.82) is 0 Å². The first-order valence-electron chi connectivity index (χ1n) is 6.20. The second-order valence-electron chi connectivity index (χ2n) is 4.47. The number of aromatic hydroxyl groups is 1. The number of benzene rings is 2. The molecule has 0 radical (unpaired) electrons. The zero-order chi connectivity index (χ0) is 15.0. The SMILES string of the molecule is COc1ccc(-c2cc(=O)c3cccc(Cl)c3o2)c(O)c1. The number of methoxy groups -OCH3 is 1. The van der Waals surface area contributed by atoms with Crippen LogP contribution in [0.1, 0.15) is 0 Å². The minimum atomic E-state index is -0.219. The van der Waals surface area contributed by atoms with E-state index in [0.29, 0.717) is 27.3 Å². The molecule has 106 valence electrons. The monoisotopic (exact) mass is 302 g/mol. The molecular formula is C16H11ClO4. The summed E-state index contributed by atoms with van der Waals surface area (Å²) in [4.78, 5) is 12.1. The van der Waals surface area contributed by atoms with E-state index < -0.39 is 0 Å². The normalized spacial score (nSPS) is 10.8. The standard InChI is InChI=1S/C16H11ClO4/c1-20-9-5-6-10(13(18)7-9)15-8-14(19)11-3-2-4-12(17)16(11)21-15/h2-8,18H,1H3. The topological polar surface area (TPSA) is 59.7 Å². The van der Waals surface area contributed by atoms with E-state index in [1.54, 1.807) is 30.3 Å². The van der Waals surface area contributed by atoms with Crippen LogP contribution in [0.3, 0.4) is 0 Å². The number of rotatable bonds is 2. The molecule has 5 heteroatoms. The van der Waals surface area contributed by atoms with Crippen LogP contribution in [0.15, 0.2) is 51.7 Å². The molecule has 1 heterocycles. The van der Waals surface area contributed by atoms with E-state index in [1.165, 1.54) is 19.2 Å². The summed E-state index contributed by atoms with van der Waals surface area (Å²) in [5.74, 6) is 0.724. The van der Waals surface area contributed by atoms with Gasteiger partial charge < -0.3 is 14.3 Å². The van der Waals surface area contributed by atoms with E-state index in [4.69, 9.17) is 20.8 Å². The molecule has 0 saturated carbocycles. The Morgan fingerprint density at radius 2 is 2.00 bits per heavy atom. The Hall–Kier alpha value is -2.46. The molecule has 0 unspecified atom stereocenters. The van der Waals surface area contributed by atoms with Crippen LogP contribution < -0.4 is 10.2 Å². The molecule has 4 nitrogen and oxygen atoms in total. The first-order valence-corrected chi connectivity index (χ1v) is 6.57. The van der Waals surface area contributed by atoms with Gasteiger partial charge in [-0.1, -0.05) is 17.7 Å². The van der Waals surface area contributed by atoms with E-state index in [-0.39, 0.29) is 16.9 Å². The third kappa shape index (κ3) is 2.34. The van der Waals surface area contributed by atoms with Gasteiger partial charge in [-0.25, -0.2) is 0 Å². The van der Waals surface area contributed by atoms with Crippen LogP contribution in [0.25, 0.3) is 22.3 Å². The zero-order valence-electron chi connectivity index (χ0n) is 11.1. The van der Waals surface area contributed by atoms with Crippen molar-refractivity contribution in [2.24, 2.45) is 0 Å². The average Bonchev–Trinajstić information content (AvgIpc) is 2.48. The molecule has 0 fully saturated rings. The molecule has 0 saturated heterocycles. The fourth-order valence-electron chi connectivity index (χ4n) is 2.12. The third-order valence-electron chi connectivity index (χ3n) is 3.18. The quantitative estimate of drug-likeness (QED) is 0.781. The highest BCUT2D eigenvalue weighted by Crippen LogP contribution is 2.34. The highest BCUT2D eigenvalue weighted by molar-refractivity contribution is 6.34. The van der Waals surface area contributed by atoms with Crippen molar-refractivity contribution in [1.82, 2.24) is 0 Å². The summed E-state index contributed by atoms with van der Waals surface area (Å²) in [5.41, 5.74) is 0.482. The third-order valence-corrected chi connectivity index (χ3v) is 3.47. The van der Waals surface area contributed by atoms with E-state index in [2.05, 4.69) is 0 Å². The summed E-state index contributed by atoms with van der Waals surface area (Å²) in [5, 5.41) is 10.8. The van der Waals surface area contributed by atoms with Crippen molar-refractivity contribution in [3.8, 4) is 22.8 Å². The number of halogens is 1. The van der Waals surface area contributed by atoms with Crippen LogP contribution in [0.4, 0.5) is 0 Å². The molecule has 1 aromatic heterocycles. The Kier molecular flexibility index (Phi) is 3.31. The molecule has 0 aliphatic carbocycles. The molecule has 3 rings (SSSR count). The van der Waals surface area contributed by atoms with E-state index in [0.717, 1.165) is 0 Å². The number of phenolic OH excluding ortho intramolecular Hbond substituents is 1. The Morgan fingerprint density at radius 1 is 1.19 bits per heavy atom. The fourth-order valence-corrected chi connectivity index (χ4v) is 2.34. The molecular weight excluding hydrogens is 292 g/mol. The van der Waals surface area contributed by atoms with Crippen molar-refractivity contribution in [3.05, 3.63) is 57.7 Å². The van der Waals surface area contributed by atoms with E-state index in [1.807, 2.05) is 0 Å². The maximum Gasteiger partial charge on any atom is 0.193 e. The van der Waals surface area contributed by atoms with Gasteiger partial charge in [-0.2, -0.15) is 0 Å². The van der Waals surface area contributed by atoms with Gasteiger partial charge in [0.2, 0.25) is 0 Å². The molecule has 2 aromatic carbocycles. The number of phenols is 1. The summed E-state index contributed by atoms with van der Waals surface area (Å²) in [7, 11) is 1.50. The first kappa shape index (κ1) is 13.5. The van der Waals surface area contributed by atoms with E-state index >= 15 is 0 Å². The van der Waals surface area contributed by atoms with Gasteiger partial charge in [-0.15, -0.1) is 0 Å². The van der Waals surface area contributed by atoms with Gasteiger partial charge in [0.1, 0.15) is 17.3 Å². The molecule has 0 aliphatic heterocycles. The van der Waals surface area contributed by atoms with E-state index in [9.17, 15) is 9.90 Å². The minimum Gasteiger partial charge on any atom is -0.507 e. The van der Waals surface area contributed by atoms with Crippen LogP contribution in [-0.2, 0) is 0 Å². The number of para-hydroxylation sites is 1. The number of hydrogen-bond donors (Lipinski definition) is 1. The second-order valence-corrected chi connectivity index (χ2v) is 4.88. The molecule has 0 amide bonds. The maximum absolute atomic E-state index is 12.1. The Morgan fingerprint density at radius 3 is 2.71 bits per heavy atom. The number of ether oxygens (including phenoxy) is 1. The number of hydrogen-bond acceptors (Lipinski definition) is 4. The fraction of sp³-hybridized carbons (Fsp3) is 0.0625. The van der Waals surface area contributed by atoms with Crippen molar-refractivity contribution >= 4 is 22.6 Å². The van der Waals surface area contributed by atoms with Crippen LogP contribution in [0, 0.1) is 0 Å². The van der Waals surface area contributed by atoms with Gasteiger partial charge in [-0.3, -0.25) is 4.79 Å². The lowest BCUT2D eigenvalue weighted by Gasteiger charge is -2.07. The summed E-state index contributed by atoms with van der Waals surface area (Å²) in [6, 6.07) is 11.1.